The molecule has 50 heavy (non-hydrogen) atoms. The van der Waals surface area contributed by atoms with Crippen LogP contribution in [0, 0.1) is 0 Å². The first-order chi connectivity index (χ1) is 24.3. The highest BCUT2D eigenvalue weighted by atomic mass is 16.5. The van der Waals surface area contributed by atoms with Crippen LogP contribution >= 0.6 is 0 Å². The fourth-order valence-corrected chi connectivity index (χ4v) is 7.77. The van der Waals surface area contributed by atoms with Crippen molar-refractivity contribution in [2.24, 2.45) is 0 Å². The van der Waals surface area contributed by atoms with Gasteiger partial charge < -0.3 is 9.64 Å². The second-order valence-electron chi connectivity index (χ2n) is 14.1. The highest BCUT2D eigenvalue weighted by Gasteiger charge is 2.45. The van der Waals surface area contributed by atoms with Gasteiger partial charge in [-0.3, -0.25) is 0 Å². The fraction of sp³-hybridized carbons (Fsp3) is 0.133. The quantitative estimate of drug-likeness (QED) is 0.186. The molecule has 0 N–H and O–H groups in total. The number of nitrogens with zero attached hydrogens (tertiary/aromatic N) is 4. The monoisotopic (exact) mass is 648 g/mol. The van der Waals surface area contributed by atoms with E-state index in [4.69, 9.17) is 19.7 Å². The summed E-state index contributed by atoms with van der Waals surface area (Å²) in [5.41, 5.74) is 12.3. The molecule has 0 fully saturated rings. The van der Waals surface area contributed by atoms with Gasteiger partial charge in [0.15, 0.2) is 11.6 Å². The van der Waals surface area contributed by atoms with E-state index in [0.29, 0.717) is 17.4 Å². The van der Waals surface area contributed by atoms with Crippen LogP contribution in [0.15, 0.2) is 146 Å². The van der Waals surface area contributed by atoms with Crippen molar-refractivity contribution in [1.82, 2.24) is 15.0 Å². The van der Waals surface area contributed by atoms with Gasteiger partial charge in [-0.2, -0.15) is 9.97 Å². The number of hydrogen-bond acceptors (Lipinski definition) is 5. The third kappa shape index (κ3) is 4.65. The van der Waals surface area contributed by atoms with Crippen LogP contribution in [-0.2, 0) is 10.8 Å². The van der Waals surface area contributed by atoms with Crippen molar-refractivity contribution in [2.75, 3.05) is 4.90 Å². The molecule has 2 aliphatic rings. The van der Waals surface area contributed by atoms with Crippen molar-refractivity contribution in [2.45, 2.75) is 38.5 Å². The van der Waals surface area contributed by atoms with Crippen LogP contribution < -0.4 is 9.64 Å². The van der Waals surface area contributed by atoms with Crippen molar-refractivity contribution in [1.29, 1.82) is 0 Å². The molecule has 7 aromatic rings. The minimum Gasteiger partial charge on any atom is -0.424 e. The van der Waals surface area contributed by atoms with Gasteiger partial charge in [-0.05, 0) is 58.1 Å². The maximum absolute atomic E-state index is 6.68. The van der Waals surface area contributed by atoms with E-state index in [-0.39, 0.29) is 16.8 Å². The molecule has 3 heterocycles. The van der Waals surface area contributed by atoms with Crippen LogP contribution in [-0.4, -0.2) is 15.0 Å². The lowest BCUT2D eigenvalue weighted by Crippen LogP contribution is -2.38. The van der Waals surface area contributed by atoms with Gasteiger partial charge in [0.2, 0.25) is 0 Å². The van der Waals surface area contributed by atoms with E-state index in [0.717, 1.165) is 22.3 Å². The third-order valence-corrected chi connectivity index (χ3v) is 10.4. The molecule has 2 aliphatic heterocycles. The summed E-state index contributed by atoms with van der Waals surface area (Å²) in [4.78, 5) is 17.0. The Balaban J connectivity index is 1.22. The Morgan fingerprint density at radius 1 is 0.460 bits per heavy atom. The summed E-state index contributed by atoms with van der Waals surface area (Å²) in [7, 11) is 0. The van der Waals surface area contributed by atoms with Crippen molar-refractivity contribution in [3.8, 4) is 45.7 Å². The first-order valence-electron chi connectivity index (χ1n) is 17.1. The van der Waals surface area contributed by atoms with Gasteiger partial charge >= 0.3 is 6.01 Å². The van der Waals surface area contributed by atoms with Crippen molar-refractivity contribution in [3.05, 3.63) is 168 Å². The molecule has 0 unspecified atom stereocenters. The Kier molecular flexibility index (Phi) is 6.75. The first kappa shape index (κ1) is 30.0. The summed E-state index contributed by atoms with van der Waals surface area (Å²) in [6, 6.07) is 50.8. The standard InChI is InChI=1S/C45H36N4O/c1-44(2)33-22-12-14-24-37(33)49-38-25-15-13-23-34(38)45(3,4)36-28-31(27-35(44)40(36)49)32-21-11-16-26-39(32)50-43-47-41(29-17-7-5-8-18-29)46-42(48-43)30-19-9-6-10-20-30/h5-28H,1-4H3. The van der Waals surface area contributed by atoms with E-state index in [1.54, 1.807) is 0 Å². The van der Waals surface area contributed by atoms with Crippen LogP contribution in [0.1, 0.15) is 49.9 Å². The number of anilines is 3. The second kappa shape index (κ2) is 11.2. The topological polar surface area (TPSA) is 51.1 Å². The van der Waals surface area contributed by atoms with E-state index >= 15 is 0 Å². The molecule has 0 aliphatic carbocycles. The lowest BCUT2D eigenvalue weighted by atomic mass is 9.65. The number of rotatable bonds is 5. The number of benzene rings is 6. The molecule has 0 radical (unpaired) electrons. The zero-order chi connectivity index (χ0) is 34.0. The summed E-state index contributed by atoms with van der Waals surface area (Å²) in [6.07, 6.45) is 0. The molecule has 242 valence electrons. The lowest BCUT2D eigenvalue weighted by Gasteiger charge is -2.49. The summed E-state index contributed by atoms with van der Waals surface area (Å²) >= 11 is 0. The van der Waals surface area contributed by atoms with Gasteiger partial charge in [-0.25, -0.2) is 4.98 Å². The molecule has 0 saturated carbocycles. The smallest absolute Gasteiger partial charge is 0.326 e. The minimum atomic E-state index is -0.241. The van der Waals surface area contributed by atoms with Crippen molar-refractivity contribution < 1.29 is 4.74 Å². The number of hydrogen-bond donors (Lipinski definition) is 0. The predicted octanol–water partition coefficient (Wildman–Crippen LogP) is 11.4. The molecule has 6 aromatic carbocycles. The number of fused-ring (bicyclic) bond motifs is 4. The zero-order valence-electron chi connectivity index (χ0n) is 28.6. The fourth-order valence-electron chi connectivity index (χ4n) is 7.77. The van der Waals surface area contributed by atoms with Gasteiger partial charge in [0, 0.05) is 27.5 Å². The Morgan fingerprint density at radius 2 is 0.920 bits per heavy atom. The molecule has 5 nitrogen and oxygen atoms in total. The molecular formula is C45H36N4O. The van der Waals surface area contributed by atoms with Gasteiger partial charge in [-0.15, -0.1) is 0 Å². The molecule has 9 rings (SSSR count). The van der Waals surface area contributed by atoms with E-state index in [1.807, 2.05) is 72.8 Å². The largest absolute Gasteiger partial charge is 0.424 e. The molecule has 0 amide bonds. The highest BCUT2D eigenvalue weighted by Crippen LogP contribution is 2.60. The Morgan fingerprint density at radius 3 is 1.46 bits per heavy atom. The van der Waals surface area contributed by atoms with Crippen LogP contribution in [0.5, 0.6) is 11.8 Å². The normalized spacial score (nSPS) is 14.7. The Hall–Kier alpha value is -6.07. The van der Waals surface area contributed by atoms with E-state index in [9.17, 15) is 0 Å². The molecule has 0 spiro atoms. The number of aromatic nitrogens is 3. The third-order valence-electron chi connectivity index (χ3n) is 10.4. The summed E-state index contributed by atoms with van der Waals surface area (Å²) in [5, 5.41) is 0. The average molecular weight is 649 g/mol. The lowest BCUT2D eigenvalue weighted by molar-refractivity contribution is 0.442. The molecule has 0 atom stereocenters. The van der Waals surface area contributed by atoms with Crippen LogP contribution in [0.3, 0.4) is 0 Å². The number of para-hydroxylation sites is 3. The SMILES string of the molecule is CC1(C)c2ccccc2N2c3ccccc3C(C)(C)c3cc(-c4ccccc4Oc4nc(-c5ccccc5)nc(-c5ccccc5)n4)cc1c32. The van der Waals surface area contributed by atoms with Gasteiger partial charge in [0.1, 0.15) is 5.75 Å². The summed E-state index contributed by atoms with van der Waals surface area (Å²) in [6.45, 7) is 9.39. The molecule has 0 bridgehead atoms. The van der Waals surface area contributed by atoms with Gasteiger partial charge in [0.25, 0.3) is 0 Å². The maximum Gasteiger partial charge on any atom is 0.326 e. The Bertz CT molecular complexity index is 2280. The molecular weight excluding hydrogens is 613 g/mol. The summed E-state index contributed by atoms with van der Waals surface area (Å²) < 4.78 is 6.68. The average Bonchev–Trinajstić information content (AvgIpc) is 3.15. The first-order valence-corrected chi connectivity index (χ1v) is 17.1. The van der Waals surface area contributed by atoms with Crippen LogP contribution in [0.25, 0.3) is 33.9 Å². The van der Waals surface area contributed by atoms with E-state index in [1.165, 1.54) is 39.3 Å². The van der Waals surface area contributed by atoms with Crippen LogP contribution in [0.4, 0.5) is 17.1 Å². The van der Waals surface area contributed by atoms with Gasteiger partial charge in [0.05, 0.1) is 17.1 Å². The maximum atomic E-state index is 6.68. The van der Waals surface area contributed by atoms with E-state index < -0.39 is 0 Å². The molecule has 5 heteroatoms. The highest BCUT2D eigenvalue weighted by molar-refractivity contribution is 5.94. The predicted molar refractivity (Wildman–Crippen MR) is 202 cm³/mol. The Labute approximate surface area is 292 Å². The zero-order valence-corrected chi connectivity index (χ0v) is 28.6. The molecule has 0 saturated heterocycles. The van der Waals surface area contributed by atoms with Crippen LogP contribution in [0.2, 0.25) is 0 Å². The molecule has 1 aromatic heterocycles. The second-order valence-corrected chi connectivity index (χ2v) is 14.1. The summed E-state index contributed by atoms with van der Waals surface area (Å²) in [5.74, 6) is 1.81. The number of ether oxygens (including phenoxy) is 1. The van der Waals surface area contributed by atoms with Crippen molar-refractivity contribution >= 4 is 17.1 Å². The minimum absolute atomic E-state index is 0.241. The van der Waals surface area contributed by atoms with Gasteiger partial charge in [-0.1, -0.05) is 143 Å². The van der Waals surface area contributed by atoms with Crippen molar-refractivity contribution in [3.63, 3.8) is 0 Å². The van der Waals surface area contributed by atoms with E-state index in [2.05, 4.69) is 105 Å².